The number of anilines is 1. The molecule has 132 valence electrons. The van der Waals surface area contributed by atoms with Crippen molar-refractivity contribution in [1.29, 1.82) is 0 Å². The largest absolute Gasteiger partial charge is 0.326 e. The molecule has 2 aromatic rings. The number of urea groups is 1. The van der Waals surface area contributed by atoms with E-state index in [4.69, 9.17) is 0 Å². The van der Waals surface area contributed by atoms with E-state index < -0.39 is 18.0 Å². The van der Waals surface area contributed by atoms with Gasteiger partial charge in [0.25, 0.3) is 5.91 Å². The van der Waals surface area contributed by atoms with Gasteiger partial charge >= 0.3 is 6.03 Å². The number of nitrogens with one attached hydrogen (secondary N) is 2. The van der Waals surface area contributed by atoms with E-state index in [1.807, 2.05) is 6.07 Å². The molecule has 0 radical (unpaired) electrons. The average Bonchev–Trinajstić information content (AvgIpc) is 2.91. The molecule has 26 heavy (non-hydrogen) atoms. The number of hydrogen-bond donors (Lipinski definition) is 2. The fourth-order valence-corrected chi connectivity index (χ4v) is 2.72. The summed E-state index contributed by atoms with van der Waals surface area (Å²) in [5, 5.41) is 5.20. The number of hydrogen-bond acceptors (Lipinski definition) is 4. The standard InChI is InChI=1S/C19H17N3O4/c1-12(23)20-15-9-7-13(8-10-15)16(24)11-22-18(25)17(21-19(22)26)14-5-3-2-4-6-14/h2-10,17H,11H2,1H3,(H,20,23)(H,21,26). The minimum Gasteiger partial charge on any atom is -0.326 e. The minimum atomic E-state index is -0.779. The topological polar surface area (TPSA) is 95.6 Å². The van der Waals surface area contributed by atoms with Gasteiger partial charge in [-0.25, -0.2) is 4.79 Å². The van der Waals surface area contributed by atoms with Gasteiger partial charge in [-0.2, -0.15) is 0 Å². The Morgan fingerprint density at radius 3 is 2.31 bits per heavy atom. The summed E-state index contributed by atoms with van der Waals surface area (Å²) in [7, 11) is 0. The number of Topliss-reactive ketones (excluding diaryl/α,β-unsaturated/α-hetero) is 1. The Labute approximate surface area is 150 Å². The highest BCUT2D eigenvalue weighted by atomic mass is 16.2. The van der Waals surface area contributed by atoms with E-state index in [0.29, 0.717) is 16.8 Å². The maximum atomic E-state index is 12.5. The van der Waals surface area contributed by atoms with Gasteiger partial charge in [0.05, 0.1) is 6.54 Å². The Balaban J connectivity index is 1.70. The van der Waals surface area contributed by atoms with Gasteiger partial charge in [0.1, 0.15) is 6.04 Å². The molecule has 0 bridgehead atoms. The number of carbonyl (C=O) groups is 4. The molecule has 1 aliphatic heterocycles. The van der Waals surface area contributed by atoms with Crippen LogP contribution in [0.3, 0.4) is 0 Å². The Bertz CT molecular complexity index is 862. The van der Waals surface area contributed by atoms with Gasteiger partial charge in [0, 0.05) is 18.2 Å². The lowest BCUT2D eigenvalue weighted by Gasteiger charge is -2.12. The summed E-state index contributed by atoms with van der Waals surface area (Å²) in [5.41, 5.74) is 1.58. The number of benzene rings is 2. The summed E-state index contributed by atoms with van der Waals surface area (Å²) in [6.45, 7) is 1.05. The first kappa shape index (κ1) is 17.3. The first-order valence-electron chi connectivity index (χ1n) is 8.03. The molecular weight excluding hydrogens is 334 g/mol. The van der Waals surface area contributed by atoms with E-state index >= 15 is 0 Å². The van der Waals surface area contributed by atoms with Gasteiger partial charge in [-0.1, -0.05) is 30.3 Å². The quantitative estimate of drug-likeness (QED) is 0.637. The summed E-state index contributed by atoms with van der Waals surface area (Å²) in [6.07, 6.45) is 0. The predicted molar refractivity (Wildman–Crippen MR) is 94.5 cm³/mol. The molecule has 1 saturated heterocycles. The fourth-order valence-electron chi connectivity index (χ4n) is 2.72. The molecule has 1 heterocycles. The van der Waals surface area contributed by atoms with Gasteiger partial charge in [-0.3, -0.25) is 19.3 Å². The number of carbonyl (C=O) groups excluding carboxylic acids is 4. The van der Waals surface area contributed by atoms with E-state index in [1.165, 1.54) is 6.92 Å². The first-order chi connectivity index (χ1) is 12.5. The number of nitrogens with zero attached hydrogens (tertiary/aromatic N) is 1. The van der Waals surface area contributed by atoms with E-state index in [2.05, 4.69) is 10.6 Å². The van der Waals surface area contributed by atoms with Crippen molar-refractivity contribution in [3.05, 3.63) is 65.7 Å². The molecule has 7 heteroatoms. The van der Waals surface area contributed by atoms with Crippen LogP contribution in [0.15, 0.2) is 54.6 Å². The zero-order chi connectivity index (χ0) is 18.7. The van der Waals surface area contributed by atoms with E-state index in [1.54, 1.807) is 48.5 Å². The molecule has 2 N–H and O–H groups in total. The smallest absolute Gasteiger partial charge is 0.325 e. The van der Waals surface area contributed by atoms with Crippen LogP contribution in [0.1, 0.15) is 28.9 Å². The average molecular weight is 351 g/mol. The summed E-state index contributed by atoms with van der Waals surface area (Å²) in [6, 6.07) is 13.8. The fraction of sp³-hybridized carbons (Fsp3) is 0.158. The van der Waals surface area contributed by atoms with Crippen LogP contribution < -0.4 is 10.6 Å². The van der Waals surface area contributed by atoms with Crippen LogP contribution in [0.4, 0.5) is 10.5 Å². The van der Waals surface area contributed by atoms with Crippen molar-refractivity contribution in [2.75, 3.05) is 11.9 Å². The van der Waals surface area contributed by atoms with Crippen molar-refractivity contribution in [1.82, 2.24) is 10.2 Å². The molecule has 4 amide bonds. The maximum Gasteiger partial charge on any atom is 0.325 e. The molecule has 1 aliphatic rings. The van der Waals surface area contributed by atoms with Crippen molar-refractivity contribution < 1.29 is 19.2 Å². The minimum absolute atomic E-state index is 0.213. The predicted octanol–water partition coefficient (Wildman–Crippen LogP) is 2.12. The van der Waals surface area contributed by atoms with Gasteiger partial charge in [0.2, 0.25) is 5.91 Å². The Morgan fingerprint density at radius 2 is 1.69 bits per heavy atom. The lowest BCUT2D eigenvalue weighted by molar-refractivity contribution is -0.127. The Kier molecular flexibility index (Phi) is 4.79. The first-order valence-corrected chi connectivity index (χ1v) is 8.03. The molecule has 3 rings (SSSR count). The van der Waals surface area contributed by atoms with Crippen molar-refractivity contribution in [3.8, 4) is 0 Å². The van der Waals surface area contributed by atoms with Crippen molar-refractivity contribution >= 4 is 29.3 Å². The van der Waals surface area contributed by atoms with Gasteiger partial charge in [0.15, 0.2) is 5.78 Å². The summed E-state index contributed by atoms with van der Waals surface area (Å²) < 4.78 is 0. The molecule has 1 unspecified atom stereocenters. The zero-order valence-corrected chi connectivity index (χ0v) is 14.1. The monoisotopic (exact) mass is 351 g/mol. The third-order valence-electron chi connectivity index (χ3n) is 3.99. The third kappa shape index (κ3) is 3.61. The van der Waals surface area contributed by atoms with Gasteiger partial charge in [-0.05, 0) is 29.8 Å². The number of imide groups is 1. The lowest BCUT2D eigenvalue weighted by atomic mass is 10.1. The van der Waals surface area contributed by atoms with Crippen LogP contribution in [0, 0.1) is 0 Å². The molecule has 7 nitrogen and oxygen atoms in total. The zero-order valence-electron chi connectivity index (χ0n) is 14.1. The molecular formula is C19H17N3O4. The molecule has 1 atom stereocenters. The van der Waals surface area contributed by atoms with Crippen molar-refractivity contribution in [2.45, 2.75) is 13.0 Å². The van der Waals surface area contributed by atoms with Crippen LogP contribution in [0.5, 0.6) is 0 Å². The van der Waals surface area contributed by atoms with Gasteiger partial charge in [-0.15, -0.1) is 0 Å². The highest BCUT2D eigenvalue weighted by Crippen LogP contribution is 2.22. The molecule has 0 spiro atoms. The van der Waals surface area contributed by atoms with Crippen molar-refractivity contribution in [2.24, 2.45) is 0 Å². The van der Waals surface area contributed by atoms with Crippen LogP contribution in [0.2, 0.25) is 0 Å². The van der Waals surface area contributed by atoms with Gasteiger partial charge < -0.3 is 10.6 Å². The van der Waals surface area contributed by atoms with E-state index in [9.17, 15) is 19.2 Å². The van der Waals surface area contributed by atoms with Crippen LogP contribution in [-0.2, 0) is 9.59 Å². The molecule has 0 aromatic heterocycles. The Hall–Kier alpha value is -3.48. The number of ketones is 1. The molecule has 1 fully saturated rings. The second-order valence-corrected chi connectivity index (χ2v) is 5.90. The Morgan fingerprint density at radius 1 is 1.04 bits per heavy atom. The van der Waals surface area contributed by atoms with Crippen LogP contribution >= 0.6 is 0 Å². The normalized spacial score (nSPS) is 16.3. The molecule has 0 aliphatic carbocycles. The molecule has 2 aromatic carbocycles. The number of rotatable bonds is 5. The second kappa shape index (κ2) is 7.18. The van der Waals surface area contributed by atoms with Crippen LogP contribution in [0.25, 0.3) is 0 Å². The van der Waals surface area contributed by atoms with Crippen LogP contribution in [-0.4, -0.2) is 35.1 Å². The highest BCUT2D eigenvalue weighted by molar-refractivity contribution is 6.09. The van der Waals surface area contributed by atoms with E-state index in [0.717, 1.165) is 4.90 Å². The van der Waals surface area contributed by atoms with Crippen molar-refractivity contribution in [3.63, 3.8) is 0 Å². The molecule has 0 saturated carbocycles. The maximum absolute atomic E-state index is 12.5. The van der Waals surface area contributed by atoms with E-state index in [-0.39, 0.29) is 18.2 Å². The highest BCUT2D eigenvalue weighted by Gasteiger charge is 2.39. The summed E-state index contributed by atoms with van der Waals surface area (Å²) in [5.74, 6) is -1.03. The summed E-state index contributed by atoms with van der Waals surface area (Å²) in [4.78, 5) is 48.9. The SMILES string of the molecule is CC(=O)Nc1ccc(C(=O)CN2C(=O)NC(c3ccccc3)C2=O)cc1. The summed E-state index contributed by atoms with van der Waals surface area (Å²) >= 11 is 0. The second-order valence-electron chi connectivity index (χ2n) is 5.90. The lowest BCUT2D eigenvalue weighted by Crippen LogP contribution is -2.35. The number of amides is 4. The third-order valence-corrected chi connectivity index (χ3v) is 3.99.